The first-order valence-electron chi connectivity index (χ1n) is 13.4. The normalized spacial score (nSPS) is 17.3. The zero-order chi connectivity index (χ0) is 28.3. The molecule has 0 atom stereocenters. The van der Waals surface area contributed by atoms with Gasteiger partial charge in [0, 0.05) is 42.7 Å². The van der Waals surface area contributed by atoms with Gasteiger partial charge in [-0.05, 0) is 25.0 Å². The minimum Gasteiger partial charge on any atom is -0.492 e. The van der Waals surface area contributed by atoms with Gasteiger partial charge < -0.3 is 25.4 Å². The van der Waals surface area contributed by atoms with Gasteiger partial charge in [-0.25, -0.2) is 4.68 Å². The van der Waals surface area contributed by atoms with Crippen molar-refractivity contribution in [3.8, 4) is 11.4 Å². The van der Waals surface area contributed by atoms with Gasteiger partial charge in [0.15, 0.2) is 17.3 Å². The van der Waals surface area contributed by atoms with Crippen molar-refractivity contribution >= 4 is 29.0 Å². The Morgan fingerprint density at radius 1 is 1.19 bits per heavy atom. The quantitative estimate of drug-likeness (QED) is 0.385. The fourth-order valence-corrected chi connectivity index (χ4v) is 3.99. The van der Waals surface area contributed by atoms with Crippen LogP contribution in [0.4, 0.5) is 17.2 Å². The second-order valence-corrected chi connectivity index (χ2v) is 8.74. The Morgan fingerprint density at radius 3 is 2.78 bits per heavy atom. The lowest BCUT2D eigenvalue weighted by Gasteiger charge is -2.25. The van der Waals surface area contributed by atoms with E-state index in [0.717, 1.165) is 31.6 Å². The van der Waals surface area contributed by atoms with Crippen LogP contribution in [-0.4, -0.2) is 82.3 Å². The number of anilines is 3. The zero-order valence-corrected chi connectivity index (χ0v) is 20.2. The zero-order valence-electron chi connectivity index (χ0n) is 23.2. The lowest BCUT2D eigenvalue weighted by molar-refractivity contribution is -0.117. The second-order valence-electron chi connectivity index (χ2n) is 8.74. The standard InChI is InChI=1S/C24H29N9O4/c1-25-24(35)21-18(12-20(29-30-21)27-23(34)15-6-7-15)26-17-4-3-5-19(22(17)36-2)33-14-16(28-31-33)13-32-8-10-37-11-9-32/h3-5,12,14-15H,6-11,13H2,1-2H3,(H,25,35)(H2,26,27,29,34)/i1D3. The van der Waals surface area contributed by atoms with Crippen LogP contribution in [0.15, 0.2) is 30.5 Å². The van der Waals surface area contributed by atoms with E-state index in [1.165, 1.54) is 13.2 Å². The number of hydrogen-bond acceptors (Lipinski definition) is 10. The van der Waals surface area contributed by atoms with Crippen LogP contribution in [0.25, 0.3) is 5.69 Å². The van der Waals surface area contributed by atoms with Crippen molar-refractivity contribution in [3.05, 3.63) is 41.9 Å². The van der Waals surface area contributed by atoms with E-state index in [9.17, 15) is 9.59 Å². The van der Waals surface area contributed by atoms with Gasteiger partial charge in [0.25, 0.3) is 5.91 Å². The maximum absolute atomic E-state index is 12.8. The molecule has 0 bridgehead atoms. The monoisotopic (exact) mass is 510 g/mol. The Bertz CT molecular complexity index is 1390. The van der Waals surface area contributed by atoms with Crippen LogP contribution in [0, 0.1) is 5.92 Å². The summed E-state index contributed by atoms with van der Waals surface area (Å²) in [7, 11) is 1.49. The van der Waals surface area contributed by atoms with Crippen molar-refractivity contribution in [2.24, 2.45) is 5.92 Å². The number of para-hydroxylation sites is 1. The fraction of sp³-hybridized carbons (Fsp3) is 0.417. The smallest absolute Gasteiger partial charge is 0.273 e. The molecule has 1 saturated heterocycles. The number of morpholine rings is 1. The third-order valence-corrected chi connectivity index (χ3v) is 6.07. The maximum Gasteiger partial charge on any atom is 0.273 e. The summed E-state index contributed by atoms with van der Waals surface area (Å²) >= 11 is 0. The highest BCUT2D eigenvalue weighted by Crippen LogP contribution is 2.35. The number of amides is 2. The third-order valence-electron chi connectivity index (χ3n) is 6.07. The summed E-state index contributed by atoms with van der Waals surface area (Å²) in [4.78, 5) is 27.3. The van der Waals surface area contributed by atoms with Crippen LogP contribution in [0.2, 0.25) is 0 Å². The van der Waals surface area contributed by atoms with Gasteiger partial charge in [0.05, 0.1) is 43.6 Å². The average molecular weight is 511 g/mol. The minimum atomic E-state index is -2.74. The summed E-state index contributed by atoms with van der Waals surface area (Å²) in [6, 6.07) is 6.69. The predicted molar refractivity (Wildman–Crippen MR) is 134 cm³/mol. The molecule has 2 amide bonds. The predicted octanol–water partition coefficient (Wildman–Crippen LogP) is 1.35. The molecule has 1 aromatic carbocycles. The molecule has 37 heavy (non-hydrogen) atoms. The summed E-state index contributed by atoms with van der Waals surface area (Å²) in [5.74, 6) is -0.742. The molecule has 13 heteroatoms. The van der Waals surface area contributed by atoms with Gasteiger partial charge in [-0.15, -0.1) is 15.3 Å². The topological polar surface area (TPSA) is 148 Å². The Kier molecular flexibility index (Phi) is 6.19. The molecule has 13 nitrogen and oxygen atoms in total. The van der Waals surface area contributed by atoms with Gasteiger partial charge in [-0.2, -0.15) is 0 Å². The first-order valence-corrected chi connectivity index (χ1v) is 11.9. The largest absolute Gasteiger partial charge is 0.492 e. The van der Waals surface area contributed by atoms with E-state index in [2.05, 4.69) is 36.0 Å². The molecule has 2 aromatic heterocycles. The van der Waals surface area contributed by atoms with Gasteiger partial charge in [-0.3, -0.25) is 14.5 Å². The van der Waals surface area contributed by atoms with Crippen LogP contribution in [0.5, 0.6) is 5.75 Å². The summed E-state index contributed by atoms with van der Waals surface area (Å²) in [5, 5.41) is 24.1. The molecule has 0 unspecified atom stereocenters. The highest BCUT2D eigenvalue weighted by molar-refractivity contribution is 6.00. The third kappa shape index (κ3) is 5.67. The molecule has 5 rings (SSSR count). The van der Waals surface area contributed by atoms with Crippen LogP contribution in [-0.2, 0) is 16.1 Å². The molecule has 3 N–H and O–H groups in total. The lowest BCUT2D eigenvalue weighted by atomic mass is 10.2. The molecule has 0 spiro atoms. The Morgan fingerprint density at radius 2 is 2.03 bits per heavy atom. The summed E-state index contributed by atoms with van der Waals surface area (Å²) in [6.07, 6.45) is 3.40. The van der Waals surface area contributed by atoms with Crippen molar-refractivity contribution in [1.29, 1.82) is 0 Å². The van der Waals surface area contributed by atoms with Gasteiger partial charge in [0.2, 0.25) is 5.91 Å². The highest BCUT2D eigenvalue weighted by Gasteiger charge is 2.30. The number of nitrogens with zero attached hydrogens (tertiary/aromatic N) is 6. The molecule has 194 valence electrons. The van der Waals surface area contributed by atoms with E-state index in [-0.39, 0.29) is 29.0 Å². The molecule has 1 aliphatic carbocycles. The highest BCUT2D eigenvalue weighted by atomic mass is 16.5. The first kappa shape index (κ1) is 21.0. The van der Waals surface area contributed by atoms with Crippen molar-refractivity contribution < 1.29 is 23.2 Å². The average Bonchev–Trinajstić information content (AvgIpc) is 3.67. The summed E-state index contributed by atoms with van der Waals surface area (Å²) in [6.45, 7) is 0.880. The van der Waals surface area contributed by atoms with Gasteiger partial charge >= 0.3 is 0 Å². The first-order chi connectivity index (χ1) is 19.2. The molecule has 2 fully saturated rings. The Labute approximate surface area is 217 Å². The summed E-state index contributed by atoms with van der Waals surface area (Å²) < 4.78 is 34.9. The number of methoxy groups -OCH3 is 1. The number of carbonyl (C=O) groups is 2. The molecule has 2 aliphatic rings. The summed E-state index contributed by atoms with van der Waals surface area (Å²) in [5.41, 5.74) is 1.62. The van der Waals surface area contributed by atoms with Crippen molar-refractivity contribution in [2.75, 3.05) is 51.0 Å². The van der Waals surface area contributed by atoms with E-state index in [0.29, 0.717) is 36.9 Å². The van der Waals surface area contributed by atoms with E-state index >= 15 is 0 Å². The van der Waals surface area contributed by atoms with Crippen LogP contribution in [0.1, 0.15) is 33.1 Å². The van der Waals surface area contributed by atoms with E-state index < -0.39 is 12.9 Å². The Balaban J connectivity index is 1.44. The molecule has 3 heterocycles. The number of aromatic nitrogens is 5. The number of rotatable bonds is 9. The number of carbonyl (C=O) groups excluding carboxylic acids is 2. The number of benzene rings is 1. The molecule has 1 aliphatic heterocycles. The van der Waals surface area contributed by atoms with Crippen molar-refractivity contribution in [1.82, 2.24) is 35.4 Å². The molecule has 3 aromatic rings. The van der Waals surface area contributed by atoms with Crippen LogP contribution < -0.4 is 20.7 Å². The van der Waals surface area contributed by atoms with Crippen molar-refractivity contribution in [2.45, 2.75) is 19.4 Å². The van der Waals surface area contributed by atoms with Gasteiger partial charge in [-0.1, -0.05) is 11.3 Å². The van der Waals surface area contributed by atoms with Crippen LogP contribution >= 0.6 is 0 Å². The van der Waals surface area contributed by atoms with Crippen LogP contribution in [0.3, 0.4) is 0 Å². The molecular weight excluding hydrogens is 478 g/mol. The second kappa shape index (κ2) is 10.9. The number of ether oxygens (including phenoxy) is 2. The Hall–Kier alpha value is -4.10. The van der Waals surface area contributed by atoms with E-state index in [1.807, 2.05) is 11.5 Å². The van der Waals surface area contributed by atoms with E-state index in [1.54, 1.807) is 22.9 Å². The maximum atomic E-state index is 12.8. The molecular formula is C24H29N9O4. The fourth-order valence-electron chi connectivity index (χ4n) is 3.99. The van der Waals surface area contributed by atoms with Crippen molar-refractivity contribution in [3.63, 3.8) is 0 Å². The minimum absolute atomic E-state index is 0.0793. The van der Waals surface area contributed by atoms with E-state index in [4.69, 9.17) is 13.6 Å². The number of nitrogens with one attached hydrogen (secondary N) is 3. The SMILES string of the molecule is [2H]C([2H])([2H])NC(=O)c1nnc(NC(=O)C2CC2)cc1Nc1cccc(-n2cc(CN3CCOCC3)nn2)c1OC. The lowest BCUT2D eigenvalue weighted by Crippen LogP contribution is -2.35. The molecule has 1 saturated carbocycles. The van der Waals surface area contributed by atoms with Gasteiger partial charge in [0.1, 0.15) is 5.69 Å². The molecule has 0 radical (unpaired) electrons. The number of hydrogen-bond donors (Lipinski definition) is 3.